The molecular weight excluding hydrogens is 528 g/mol. The van der Waals surface area contributed by atoms with Crippen LogP contribution in [0.2, 0.25) is 0 Å². The third-order valence-corrected chi connectivity index (χ3v) is 9.76. The van der Waals surface area contributed by atoms with Crippen molar-refractivity contribution in [1.29, 1.82) is 0 Å². The summed E-state index contributed by atoms with van der Waals surface area (Å²) in [5.41, 5.74) is 13.3. The zero-order valence-corrected chi connectivity index (χ0v) is 24.0. The SMILES string of the molecule is c1ccc2c(C3=C4C(=C(c5cccc6ccccc56)c5c4ccc4ccccc54)c4ccc5ccccc5c43)cccc2c1. The smallest absolute Gasteiger partial charge is 0.000695 e. The number of hydrogen-bond donors (Lipinski definition) is 0. The Morgan fingerprint density at radius 2 is 0.545 bits per heavy atom. The molecule has 0 aliphatic heterocycles. The molecule has 2 aliphatic rings. The van der Waals surface area contributed by atoms with E-state index < -0.39 is 0 Å². The molecule has 0 atom stereocenters. The van der Waals surface area contributed by atoms with Gasteiger partial charge in [0.05, 0.1) is 0 Å². The van der Waals surface area contributed by atoms with Gasteiger partial charge in [0.15, 0.2) is 0 Å². The third kappa shape index (κ3) is 3.12. The van der Waals surface area contributed by atoms with Gasteiger partial charge in [0.1, 0.15) is 0 Å². The van der Waals surface area contributed by atoms with E-state index in [1.165, 1.54) is 98.8 Å². The molecule has 0 heterocycles. The zero-order chi connectivity index (χ0) is 28.8. The average molecular weight is 555 g/mol. The van der Waals surface area contributed by atoms with Crippen LogP contribution in [0, 0.1) is 0 Å². The summed E-state index contributed by atoms with van der Waals surface area (Å²) in [6.07, 6.45) is 0. The maximum atomic E-state index is 2.38. The highest BCUT2D eigenvalue weighted by Gasteiger charge is 2.39. The minimum Gasteiger partial charge on any atom is -0.0616 e. The predicted octanol–water partition coefficient (Wildman–Crippen LogP) is 11.5. The lowest BCUT2D eigenvalue weighted by Crippen LogP contribution is -1.96. The van der Waals surface area contributed by atoms with Gasteiger partial charge in [0.2, 0.25) is 0 Å². The zero-order valence-electron chi connectivity index (χ0n) is 24.0. The Morgan fingerprint density at radius 3 is 0.977 bits per heavy atom. The van der Waals surface area contributed by atoms with Crippen molar-refractivity contribution < 1.29 is 0 Å². The summed E-state index contributed by atoms with van der Waals surface area (Å²) < 4.78 is 0. The van der Waals surface area contributed by atoms with E-state index in [-0.39, 0.29) is 0 Å². The van der Waals surface area contributed by atoms with E-state index in [4.69, 9.17) is 0 Å². The second kappa shape index (κ2) is 8.89. The Labute approximate surface area is 255 Å². The molecule has 0 amide bonds. The fraction of sp³-hybridized carbons (Fsp3) is 0. The summed E-state index contributed by atoms with van der Waals surface area (Å²) in [5.74, 6) is 0. The Bertz CT molecular complexity index is 2400. The van der Waals surface area contributed by atoms with Crippen LogP contribution < -0.4 is 0 Å². The summed E-state index contributed by atoms with van der Waals surface area (Å²) in [5, 5.41) is 10.3. The van der Waals surface area contributed by atoms with Crippen molar-refractivity contribution in [2.24, 2.45) is 0 Å². The van der Waals surface area contributed by atoms with E-state index in [9.17, 15) is 0 Å². The van der Waals surface area contributed by atoms with Crippen LogP contribution in [-0.4, -0.2) is 0 Å². The normalized spacial score (nSPS) is 13.7. The van der Waals surface area contributed by atoms with Gasteiger partial charge in [-0.25, -0.2) is 0 Å². The Balaban J connectivity index is 1.47. The van der Waals surface area contributed by atoms with Gasteiger partial charge < -0.3 is 0 Å². The first-order valence-electron chi connectivity index (χ1n) is 15.4. The molecule has 0 radical (unpaired) electrons. The standard InChI is InChI=1S/C44H26/c1-5-17-31-27(11-1)15-9-21-35(31)41-39-33-19-7-3-13-29(33)23-25-37(39)44-42(36-22-10-16-28-12-2-6-18-32(28)36)40-34-20-8-4-14-30(34)24-26-38(40)43(41)44/h1-26H. The molecule has 2 aliphatic carbocycles. The molecule has 44 heavy (non-hydrogen) atoms. The summed E-state index contributed by atoms with van der Waals surface area (Å²) in [4.78, 5) is 0. The molecule has 0 saturated heterocycles. The van der Waals surface area contributed by atoms with E-state index in [2.05, 4.69) is 158 Å². The van der Waals surface area contributed by atoms with Crippen LogP contribution in [0.25, 0.3) is 65.4 Å². The molecule has 8 aromatic carbocycles. The maximum Gasteiger partial charge on any atom is -0.000695 e. The molecular formula is C44H26. The maximum absolute atomic E-state index is 2.38. The van der Waals surface area contributed by atoms with E-state index in [1.807, 2.05) is 0 Å². The van der Waals surface area contributed by atoms with Gasteiger partial charge in [-0.3, -0.25) is 0 Å². The Morgan fingerprint density at radius 1 is 0.205 bits per heavy atom. The van der Waals surface area contributed by atoms with Crippen molar-refractivity contribution in [2.75, 3.05) is 0 Å². The van der Waals surface area contributed by atoms with Crippen LogP contribution in [0.3, 0.4) is 0 Å². The molecule has 0 nitrogen and oxygen atoms in total. The highest BCUT2D eigenvalue weighted by molar-refractivity contribution is 6.40. The molecule has 0 unspecified atom stereocenters. The number of benzene rings is 8. The molecule has 0 spiro atoms. The largest absolute Gasteiger partial charge is 0.0616 e. The molecule has 0 N–H and O–H groups in total. The average Bonchev–Trinajstić information content (AvgIpc) is 3.61. The summed E-state index contributed by atoms with van der Waals surface area (Å²) in [6, 6.07) is 58.4. The van der Waals surface area contributed by atoms with Crippen molar-refractivity contribution in [3.05, 3.63) is 191 Å². The summed E-state index contributed by atoms with van der Waals surface area (Å²) >= 11 is 0. The van der Waals surface area contributed by atoms with Crippen LogP contribution >= 0.6 is 0 Å². The van der Waals surface area contributed by atoms with Crippen molar-refractivity contribution in [2.45, 2.75) is 0 Å². The Kier molecular flexibility index (Phi) is 4.81. The minimum atomic E-state index is 1.27. The minimum absolute atomic E-state index is 1.27. The number of rotatable bonds is 2. The second-order valence-corrected chi connectivity index (χ2v) is 12.0. The molecule has 10 rings (SSSR count). The topological polar surface area (TPSA) is 0 Å². The van der Waals surface area contributed by atoms with Gasteiger partial charge in [0, 0.05) is 0 Å². The summed E-state index contributed by atoms with van der Waals surface area (Å²) in [6.45, 7) is 0. The third-order valence-electron chi connectivity index (χ3n) is 9.76. The summed E-state index contributed by atoms with van der Waals surface area (Å²) in [7, 11) is 0. The van der Waals surface area contributed by atoms with Gasteiger partial charge in [0.25, 0.3) is 0 Å². The van der Waals surface area contributed by atoms with Crippen LogP contribution in [0.1, 0.15) is 33.4 Å². The Hall–Kier alpha value is -5.72. The highest BCUT2D eigenvalue weighted by atomic mass is 14.4. The van der Waals surface area contributed by atoms with Crippen molar-refractivity contribution >= 4 is 65.4 Å². The second-order valence-electron chi connectivity index (χ2n) is 12.0. The quantitative estimate of drug-likeness (QED) is 0.199. The van der Waals surface area contributed by atoms with E-state index in [0.29, 0.717) is 0 Å². The number of allylic oxidation sites excluding steroid dienone is 2. The van der Waals surface area contributed by atoms with E-state index in [0.717, 1.165) is 0 Å². The van der Waals surface area contributed by atoms with Crippen molar-refractivity contribution in [3.8, 4) is 0 Å². The molecule has 202 valence electrons. The monoisotopic (exact) mass is 554 g/mol. The van der Waals surface area contributed by atoms with Crippen LogP contribution in [0.5, 0.6) is 0 Å². The van der Waals surface area contributed by atoms with Crippen LogP contribution in [-0.2, 0) is 0 Å². The molecule has 0 fully saturated rings. The fourth-order valence-corrected chi connectivity index (χ4v) is 7.96. The van der Waals surface area contributed by atoms with E-state index in [1.54, 1.807) is 0 Å². The van der Waals surface area contributed by atoms with Crippen LogP contribution in [0.4, 0.5) is 0 Å². The van der Waals surface area contributed by atoms with Gasteiger partial charge in [-0.15, -0.1) is 0 Å². The van der Waals surface area contributed by atoms with Gasteiger partial charge >= 0.3 is 0 Å². The molecule has 8 aromatic rings. The lowest BCUT2D eigenvalue weighted by molar-refractivity contribution is 1.59. The van der Waals surface area contributed by atoms with Gasteiger partial charge in [-0.1, -0.05) is 158 Å². The number of hydrogen-bond acceptors (Lipinski definition) is 0. The molecule has 0 bridgehead atoms. The first-order valence-corrected chi connectivity index (χ1v) is 15.4. The molecule has 0 saturated carbocycles. The highest BCUT2D eigenvalue weighted by Crippen LogP contribution is 2.61. The van der Waals surface area contributed by atoms with Crippen molar-refractivity contribution in [1.82, 2.24) is 0 Å². The fourth-order valence-electron chi connectivity index (χ4n) is 7.96. The van der Waals surface area contributed by atoms with Crippen LogP contribution in [0.15, 0.2) is 158 Å². The van der Waals surface area contributed by atoms with Crippen molar-refractivity contribution in [3.63, 3.8) is 0 Å². The lowest BCUT2D eigenvalue weighted by Gasteiger charge is -2.17. The molecule has 0 heteroatoms. The lowest BCUT2D eigenvalue weighted by atomic mass is 9.85. The number of fused-ring (bicyclic) bond motifs is 11. The first kappa shape index (κ1) is 23.8. The van der Waals surface area contributed by atoms with Gasteiger partial charge in [-0.2, -0.15) is 0 Å². The van der Waals surface area contributed by atoms with E-state index >= 15 is 0 Å². The first-order chi connectivity index (χ1) is 21.9. The predicted molar refractivity (Wildman–Crippen MR) is 188 cm³/mol. The van der Waals surface area contributed by atoms with Gasteiger partial charge in [-0.05, 0) is 98.8 Å². The molecule has 0 aromatic heterocycles.